The first-order valence-electron chi connectivity index (χ1n) is 7.12. The summed E-state index contributed by atoms with van der Waals surface area (Å²) >= 11 is 6.49. The highest BCUT2D eigenvalue weighted by Crippen LogP contribution is 2.42. The zero-order valence-electron chi connectivity index (χ0n) is 11.3. The van der Waals surface area contributed by atoms with Crippen LogP contribution in [0.1, 0.15) is 30.9 Å². The van der Waals surface area contributed by atoms with E-state index in [0.717, 1.165) is 35.9 Å². The molecule has 2 aliphatic heterocycles. The van der Waals surface area contributed by atoms with Gasteiger partial charge in [0.05, 0.1) is 5.02 Å². The van der Waals surface area contributed by atoms with Crippen LogP contribution < -0.4 is 14.8 Å². The van der Waals surface area contributed by atoms with Gasteiger partial charge in [-0.3, -0.25) is 0 Å². The van der Waals surface area contributed by atoms with Gasteiger partial charge < -0.3 is 14.8 Å². The fourth-order valence-electron chi connectivity index (χ4n) is 2.99. The summed E-state index contributed by atoms with van der Waals surface area (Å²) in [5, 5.41) is 4.28. The molecule has 0 amide bonds. The highest BCUT2D eigenvalue weighted by atomic mass is 35.5. The van der Waals surface area contributed by atoms with Crippen LogP contribution in [0.2, 0.25) is 5.02 Å². The van der Waals surface area contributed by atoms with Gasteiger partial charge in [-0.25, -0.2) is 0 Å². The Kier molecular flexibility index (Phi) is 3.85. The van der Waals surface area contributed by atoms with Gasteiger partial charge >= 0.3 is 0 Å². The Balaban J connectivity index is 1.95. The molecule has 0 radical (unpaired) electrons. The van der Waals surface area contributed by atoms with E-state index in [2.05, 4.69) is 18.3 Å². The average Bonchev–Trinajstić information content (AvgIpc) is 2.92. The van der Waals surface area contributed by atoms with Crippen LogP contribution >= 0.6 is 11.6 Å². The normalized spacial score (nSPS) is 21.7. The van der Waals surface area contributed by atoms with E-state index in [9.17, 15) is 0 Å². The van der Waals surface area contributed by atoms with Crippen molar-refractivity contribution in [2.75, 3.05) is 19.8 Å². The molecule has 1 aromatic carbocycles. The summed E-state index contributed by atoms with van der Waals surface area (Å²) in [6.45, 7) is 4.46. The molecule has 1 fully saturated rings. The molecule has 2 aliphatic rings. The van der Waals surface area contributed by atoms with Gasteiger partial charge in [-0.05, 0) is 49.4 Å². The number of hydrogen-bond acceptors (Lipinski definition) is 3. The Morgan fingerprint density at radius 3 is 2.95 bits per heavy atom. The summed E-state index contributed by atoms with van der Waals surface area (Å²) in [7, 11) is 0. The van der Waals surface area contributed by atoms with E-state index in [1.165, 1.54) is 24.0 Å². The van der Waals surface area contributed by atoms with Crippen LogP contribution in [0.5, 0.6) is 11.5 Å². The maximum Gasteiger partial charge on any atom is 0.180 e. The van der Waals surface area contributed by atoms with Crippen molar-refractivity contribution in [1.29, 1.82) is 0 Å². The lowest BCUT2D eigenvalue weighted by molar-refractivity contribution is 0.171. The van der Waals surface area contributed by atoms with Gasteiger partial charge in [0.25, 0.3) is 0 Å². The molecular weight excluding hydrogens is 262 g/mol. The summed E-state index contributed by atoms with van der Waals surface area (Å²) in [5.41, 5.74) is 2.51. The lowest BCUT2D eigenvalue weighted by Gasteiger charge is -2.23. The highest BCUT2D eigenvalue weighted by molar-refractivity contribution is 6.33. The van der Waals surface area contributed by atoms with Crippen LogP contribution in [0, 0.1) is 0 Å². The quantitative estimate of drug-likeness (QED) is 0.924. The molecule has 1 aromatic rings. The van der Waals surface area contributed by atoms with E-state index in [0.29, 0.717) is 19.3 Å². The second-order valence-corrected chi connectivity index (χ2v) is 5.58. The Hall–Kier alpha value is -0.930. The molecule has 0 aromatic heterocycles. The molecule has 3 nitrogen and oxygen atoms in total. The number of nitrogens with one attached hydrogen (secondary N) is 1. The zero-order valence-corrected chi connectivity index (χ0v) is 12.1. The van der Waals surface area contributed by atoms with Gasteiger partial charge in [0.15, 0.2) is 11.5 Å². The van der Waals surface area contributed by atoms with Crippen LogP contribution in [0.4, 0.5) is 0 Å². The summed E-state index contributed by atoms with van der Waals surface area (Å²) in [4.78, 5) is 0. The minimum Gasteiger partial charge on any atom is -0.486 e. The Labute approximate surface area is 119 Å². The van der Waals surface area contributed by atoms with Gasteiger partial charge in [0.1, 0.15) is 13.2 Å². The Morgan fingerprint density at radius 1 is 1.37 bits per heavy atom. The fraction of sp³-hybridized carbons (Fsp3) is 0.600. The van der Waals surface area contributed by atoms with Crippen molar-refractivity contribution in [2.24, 2.45) is 0 Å². The first-order chi connectivity index (χ1) is 9.29. The van der Waals surface area contributed by atoms with Crippen molar-refractivity contribution in [1.82, 2.24) is 5.32 Å². The standard InChI is InChI=1S/C15H20ClNO2/c1-2-12-10(8-11-4-3-5-17-11)9-13-15(14(12)16)19-7-6-18-13/h9,11,17H,2-8H2,1H3. The molecule has 4 heteroatoms. The van der Waals surface area contributed by atoms with E-state index in [1.54, 1.807) is 0 Å². The minimum absolute atomic E-state index is 0.573. The summed E-state index contributed by atoms with van der Waals surface area (Å²) < 4.78 is 11.3. The molecule has 2 heterocycles. The topological polar surface area (TPSA) is 30.5 Å². The van der Waals surface area contributed by atoms with Crippen LogP contribution in [-0.2, 0) is 12.8 Å². The smallest absolute Gasteiger partial charge is 0.180 e. The number of fused-ring (bicyclic) bond motifs is 1. The molecule has 0 aliphatic carbocycles. The lowest BCUT2D eigenvalue weighted by atomic mass is 9.96. The van der Waals surface area contributed by atoms with Crippen LogP contribution in [0.3, 0.4) is 0 Å². The van der Waals surface area contributed by atoms with Crippen molar-refractivity contribution in [2.45, 2.75) is 38.6 Å². The summed E-state index contributed by atoms with van der Waals surface area (Å²) in [5.74, 6) is 1.54. The second kappa shape index (κ2) is 5.59. The summed E-state index contributed by atoms with van der Waals surface area (Å²) in [6, 6.07) is 2.70. The monoisotopic (exact) mass is 281 g/mol. The van der Waals surface area contributed by atoms with Gasteiger partial charge in [-0.1, -0.05) is 18.5 Å². The Morgan fingerprint density at radius 2 is 2.21 bits per heavy atom. The van der Waals surface area contributed by atoms with Crippen molar-refractivity contribution in [3.05, 3.63) is 22.2 Å². The number of halogens is 1. The SMILES string of the molecule is CCc1c(CC2CCCN2)cc2c(c1Cl)OCCO2. The van der Waals surface area contributed by atoms with E-state index < -0.39 is 0 Å². The molecule has 0 spiro atoms. The van der Waals surface area contributed by atoms with Crippen molar-refractivity contribution >= 4 is 11.6 Å². The van der Waals surface area contributed by atoms with Crippen molar-refractivity contribution in [3.63, 3.8) is 0 Å². The maximum atomic E-state index is 6.49. The first-order valence-corrected chi connectivity index (χ1v) is 7.50. The van der Waals surface area contributed by atoms with Crippen LogP contribution in [0.25, 0.3) is 0 Å². The predicted octanol–water partition coefficient (Wildman–Crippen LogP) is 2.97. The molecule has 1 N–H and O–H groups in total. The number of rotatable bonds is 3. The summed E-state index contributed by atoms with van der Waals surface area (Å²) in [6.07, 6.45) is 4.47. The molecule has 104 valence electrons. The molecule has 0 saturated carbocycles. The maximum absolute atomic E-state index is 6.49. The molecule has 19 heavy (non-hydrogen) atoms. The number of ether oxygens (including phenoxy) is 2. The zero-order chi connectivity index (χ0) is 13.2. The van der Waals surface area contributed by atoms with Crippen LogP contribution in [-0.4, -0.2) is 25.8 Å². The minimum atomic E-state index is 0.573. The molecular formula is C15H20ClNO2. The average molecular weight is 282 g/mol. The third-order valence-corrected chi connectivity index (χ3v) is 4.35. The molecule has 1 atom stereocenters. The number of benzene rings is 1. The van der Waals surface area contributed by atoms with Gasteiger partial charge in [-0.15, -0.1) is 0 Å². The van der Waals surface area contributed by atoms with Gasteiger partial charge in [-0.2, -0.15) is 0 Å². The second-order valence-electron chi connectivity index (χ2n) is 5.20. The largest absolute Gasteiger partial charge is 0.486 e. The highest BCUT2D eigenvalue weighted by Gasteiger charge is 2.23. The lowest BCUT2D eigenvalue weighted by Crippen LogP contribution is -2.24. The first kappa shape index (κ1) is 13.1. The van der Waals surface area contributed by atoms with E-state index in [-0.39, 0.29) is 0 Å². The third kappa shape index (κ3) is 2.54. The van der Waals surface area contributed by atoms with Gasteiger partial charge in [0, 0.05) is 6.04 Å². The fourth-order valence-corrected chi connectivity index (χ4v) is 3.40. The van der Waals surface area contributed by atoms with E-state index >= 15 is 0 Å². The van der Waals surface area contributed by atoms with Crippen LogP contribution in [0.15, 0.2) is 6.07 Å². The predicted molar refractivity (Wildman–Crippen MR) is 76.5 cm³/mol. The van der Waals surface area contributed by atoms with Gasteiger partial charge in [0.2, 0.25) is 0 Å². The molecule has 0 bridgehead atoms. The van der Waals surface area contributed by atoms with Crippen molar-refractivity contribution < 1.29 is 9.47 Å². The molecule has 3 rings (SSSR count). The van der Waals surface area contributed by atoms with E-state index in [1.807, 2.05) is 0 Å². The third-order valence-electron chi connectivity index (χ3n) is 3.95. The number of hydrogen-bond donors (Lipinski definition) is 1. The Bertz CT molecular complexity index is 470. The molecule has 1 saturated heterocycles. The van der Waals surface area contributed by atoms with Crippen molar-refractivity contribution in [3.8, 4) is 11.5 Å². The molecule has 1 unspecified atom stereocenters. The van der Waals surface area contributed by atoms with E-state index in [4.69, 9.17) is 21.1 Å².